The first-order chi connectivity index (χ1) is 14.3. The highest BCUT2D eigenvalue weighted by atomic mass is 16.6. The number of pyridine rings is 2. The van der Waals surface area contributed by atoms with Crippen LogP contribution in [0.3, 0.4) is 0 Å². The molecule has 2 aliphatic rings. The molecule has 2 aromatic heterocycles. The molecule has 3 aromatic rings. The Bertz CT molecular complexity index is 1310. The van der Waals surface area contributed by atoms with Gasteiger partial charge in [-0.2, -0.15) is 0 Å². The lowest BCUT2D eigenvalue weighted by molar-refractivity contribution is -0.172. The predicted molar refractivity (Wildman–Crippen MR) is 109 cm³/mol. The highest BCUT2D eigenvalue weighted by Crippen LogP contribution is 2.43. The van der Waals surface area contributed by atoms with Crippen LogP contribution in [0.25, 0.3) is 22.3 Å². The molecular weight excluding hydrogens is 384 g/mol. The van der Waals surface area contributed by atoms with Crippen LogP contribution in [0.4, 0.5) is 0 Å². The second-order valence-corrected chi connectivity index (χ2v) is 7.93. The molecule has 2 aliphatic heterocycles. The molecule has 0 spiro atoms. The van der Waals surface area contributed by atoms with Crippen LogP contribution in [0.2, 0.25) is 0 Å². The van der Waals surface area contributed by atoms with Gasteiger partial charge in [0.1, 0.15) is 12.4 Å². The smallest absolute Gasteiger partial charge is 0.343 e. The van der Waals surface area contributed by atoms with Crippen LogP contribution in [0, 0.1) is 0 Å². The van der Waals surface area contributed by atoms with Crippen molar-refractivity contribution in [2.75, 3.05) is 0 Å². The normalized spacial score (nSPS) is 21.7. The minimum Gasteiger partial charge on any atom is -0.458 e. The number of hydrogen-bond acceptors (Lipinski definition) is 6. The highest BCUT2D eigenvalue weighted by Gasteiger charge is 2.46. The van der Waals surface area contributed by atoms with E-state index in [0.29, 0.717) is 11.4 Å². The summed E-state index contributed by atoms with van der Waals surface area (Å²) in [4.78, 5) is 42.6. The van der Waals surface area contributed by atoms with Crippen molar-refractivity contribution in [3.05, 3.63) is 63.4 Å². The number of fused-ring (bicyclic) bond motifs is 5. The summed E-state index contributed by atoms with van der Waals surface area (Å²) < 4.78 is 6.68. The number of aliphatic hydroxyl groups is 1. The summed E-state index contributed by atoms with van der Waals surface area (Å²) in [6, 6.07) is 10.8. The van der Waals surface area contributed by atoms with E-state index in [4.69, 9.17) is 9.72 Å². The van der Waals surface area contributed by atoms with Crippen molar-refractivity contribution in [2.45, 2.75) is 44.9 Å². The maximum absolute atomic E-state index is 13.5. The zero-order valence-corrected chi connectivity index (χ0v) is 16.6. The van der Waals surface area contributed by atoms with E-state index in [2.05, 4.69) is 0 Å². The summed E-state index contributed by atoms with van der Waals surface area (Å²) in [6.45, 7) is 2.96. The third kappa shape index (κ3) is 2.42. The molecule has 0 fully saturated rings. The molecule has 30 heavy (non-hydrogen) atoms. The van der Waals surface area contributed by atoms with Gasteiger partial charge in [-0.15, -0.1) is 0 Å². The third-order valence-corrected chi connectivity index (χ3v) is 6.13. The number of ketones is 1. The Hall–Kier alpha value is -3.32. The zero-order chi connectivity index (χ0) is 21.2. The first-order valence-electron chi connectivity index (χ1n) is 9.93. The van der Waals surface area contributed by atoms with E-state index in [9.17, 15) is 19.5 Å². The molecule has 7 nitrogen and oxygen atoms in total. The summed E-state index contributed by atoms with van der Waals surface area (Å²) in [7, 11) is 0. The molecular formula is C23H20N2O5. The van der Waals surface area contributed by atoms with Crippen molar-refractivity contribution in [2.24, 2.45) is 0 Å². The van der Waals surface area contributed by atoms with Gasteiger partial charge in [0, 0.05) is 22.9 Å². The van der Waals surface area contributed by atoms with E-state index >= 15 is 0 Å². The Labute approximate surface area is 171 Å². The molecule has 1 N–H and O–H groups in total. The largest absolute Gasteiger partial charge is 0.458 e. The average molecular weight is 404 g/mol. The lowest BCUT2D eigenvalue weighted by atomic mass is 9.86. The van der Waals surface area contributed by atoms with Gasteiger partial charge in [-0.05, 0) is 31.5 Å². The quantitative estimate of drug-likeness (QED) is 0.674. The lowest BCUT2D eigenvalue weighted by Crippen LogP contribution is -2.44. The van der Waals surface area contributed by atoms with Gasteiger partial charge in [0.15, 0.2) is 5.60 Å². The van der Waals surface area contributed by atoms with E-state index in [0.717, 1.165) is 16.5 Å². The van der Waals surface area contributed by atoms with Crippen LogP contribution in [0.5, 0.6) is 0 Å². The van der Waals surface area contributed by atoms with E-state index in [1.807, 2.05) is 30.3 Å². The maximum Gasteiger partial charge on any atom is 0.343 e. The van der Waals surface area contributed by atoms with Crippen molar-refractivity contribution in [1.82, 2.24) is 9.55 Å². The summed E-state index contributed by atoms with van der Waals surface area (Å²) in [5.74, 6) is -0.806. The van der Waals surface area contributed by atoms with Crippen LogP contribution in [-0.4, -0.2) is 26.4 Å². The molecule has 2 atom stereocenters. The number of hydrogen-bond donors (Lipinski definition) is 1. The van der Waals surface area contributed by atoms with Crippen LogP contribution < -0.4 is 5.56 Å². The average Bonchev–Trinajstić information content (AvgIpc) is 3.02. The zero-order valence-electron chi connectivity index (χ0n) is 16.6. The minimum absolute atomic E-state index is 0.0481. The summed E-state index contributed by atoms with van der Waals surface area (Å²) >= 11 is 0. The Morgan fingerprint density at radius 3 is 2.80 bits per heavy atom. The number of rotatable bonds is 3. The number of esters is 1. The number of nitrogens with zero attached hydrogens (tertiary/aromatic N) is 2. The fourth-order valence-corrected chi connectivity index (χ4v) is 4.57. The topological polar surface area (TPSA) is 98.5 Å². The third-order valence-electron chi connectivity index (χ3n) is 6.13. The van der Waals surface area contributed by atoms with E-state index in [1.54, 1.807) is 17.6 Å². The molecule has 0 aliphatic carbocycles. The number of cyclic esters (lactones) is 1. The van der Waals surface area contributed by atoms with Crippen LogP contribution in [0.1, 0.15) is 49.4 Å². The predicted octanol–water partition coefficient (Wildman–Crippen LogP) is 2.60. The molecule has 7 heteroatoms. The van der Waals surface area contributed by atoms with Crippen molar-refractivity contribution in [3.63, 3.8) is 0 Å². The second kappa shape index (κ2) is 6.34. The Balaban J connectivity index is 1.86. The number of carbonyl (C=O) groups excluding carboxylic acids is 2. The standard InChI is InChI=1S/C23H20N2O5/c1-3-23(29)16-10-19-20-14(9-13-6-4-5-7-17(13)24-20)18(8-12(2)26)25(19)21(27)15(16)11-30-22(23)28/h4-7,9-10,18,29H,3,8,11H2,1-2H3/t18?,23-/m0/s1. The second-order valence-electron chi connectivity index (χ2n) is 7.93. The molecule has 0 bridgehead atoms. The number of Topliss-reactive ketones (excluding diaryl/α,β-unsaturated/α-hetero) is 1. The van der Waals surface area contributed by atoms with E-state index in [1.165, 1.54) is 6.92 Å². The molecule has 152 valence electrons. The van der Waals surface area contributed by atoms with Crippen LogP contribution >= 0.6 is 0 Å². The Morgan fingerprint density at radius 2 is 2.07 bits per heavy atom. The Kier molecular flexibility index (Phi) is 3.95. The lowest BCUT2D eigenvalue weighted by Gasteiger charge is -2.32. The molecule has 1 aromatic carbocycles. The number of para-hydroxylation sites is 1. The van der Waals surface area contributed by atoms with Crippen molar-refractivity contribution in [3.8, 4) is 11.4 Å². The van der Waals surface area contributed by atoms with Crippen LogP contribution in [0.15, 0.2) is 41.2 Å². The SMILES string of the molecule is CC[C@@]1(O)C(=O)OCc2c1cc1n(c2=O)C(CC(C)=O)c2cc3ccccc3nc2-1. The van der Waals surface area contributed by atoms with Gasteiger partial charge in [-0.3, -0.25) is 14.2 Å². The minimum atomic E-state index is -1.88. The summed E-state index contributed by atoms with van der Waals surface area (Å²) in [5.41, 5.74) is 0.922. The van der Waals surface area contributed by atoms with Gasteiger partial charge in [0.25, 0.3) is 5.56 Å². The summed E-state index contributed by atoms with van der Waals surface area (Å²) in [5, 5.41) is 11.9. The van der Waals surface area contributed by atoms with E-state index < -0.39 is 17.6 Å². The van der Waals surface area contributed by atoms with Gasteiger partial charge in [0.2, 0.25) is 0 Å². The number of benzene rings is 1. The van der Waals surface area contributed by atoms with Gasteiger partial charge in [-0.25, -0.2) is 9.78 Å². The maximum atomic E-state index is 13.5. The molecule has 0 saturated carbocycles. The van der Waals surface area contributed by atoms with E-state index in [-0.39, 0.29) is 41.9 Å². The molecule has 5 rings (SSSR count). The monoisotopic (exact) mass is 404 g/mol. The van der Waals surface area contributed by atoms with Crippen LogP contribution in [-0.2, 0) is 26.5 Å². The van der Waals surface area contributed by atoms with Crippen molar-refractivity contribution >= 4 is 22.7 Å². The molecule has 0 radical (unpaired) electrons. The Morgan fingerprint density at radius 1 is 1.30 bits per heavy atom. The number of ether oxygens (including phenoxy) is 1. The van der Waals surface area contributed by atoms with Gasteiger partial charge < -0.3 is 9.84 Å². The van der Waals surface area contributed by atoms with Crippen molar-refractivity contribution in [1.29, 1.82) is 0 Å². The van der Waals surface area contributed by atoms with Gasteiger partial charge >= 0.3 is 5.97 Å². The van der Waals surface area contributed by atoms with Gasteiger partial charge in [-0.1, -0.05) is 25.1 Å². The first-order valence-corrected chi connectivity index (χ1v) is 9.93. The number of carbonyl (C=O) groups is 2. The molecule has 4 heterocycles. The molecule has 0 saturated heterocycles. The van der Waals surface area contributed by atoms with Crippen molar-refractivity contribution < 1.29 is 19.4 Å². The number of aromatic nitrogens is 2. The molecule has 0 amide bonds. The molecule has 1 unspecified atom stereocenters. The summed E-state index contributed by atoms with van der Waals surface area (Å²) in [6.07, 6.45) is 0.229. The fourth-order valence-electron chi connectivity index (χ4n) is 4.57. The fraction of sp³-hybridized carbons (Fsp3) is 0.304. The highest BCUT2D eigenvalue weighted by molar-refractivity contribution is 5.87. The first kappa shape index (κ1) is 18.7. The van der Waals surface area contributed by atoms with Gasteiger partial charge in [0.05, 0.1) is 28.5 Å².